The first-order valence-corrected chi connectivity index (χ1v) is 5.65. The Labute approximate surface area is 90.3 Å². The maximum absolute atomic E-state index is 11.6. The standard InChI is InChI=1S/C12H18N2O/c1-3-10(2)13-7-8-14-11(9-13)5-4-6-12(14)15/h4-6,10H,3,7-9H2,1-2H3. The molecule has 3 heteroatoms. The number of nitrogens with zero attached hydrogens (tertiary/aromatic N) is 2. The van der Waals surface area contributed by atoms with Gasteiger partial charge in [0.05, 0.1) is 0 Å². The predicted molar refractivity (Wildman–Crippen MR) is 60.9 cm³/mol. The zero-order valence-corrected chi connectivity index (χ0v) is 9.44. The highest BCUT2D eigenvalue weighted by molar-refractivity contribution is 5.08. The Morgan fingerprint density at radius 2 is 2.20 bits per heavy atom. The van der Waals surface area contributed by atoms with E-state index in [0.717, 1.165) is 31.7 Å². The average molecular weight is 206 g/mol. The molecule has 0 bridgehead atoms. The summed E-state index contributed by atoms with van der Waals surface area (Å²) in [6.45, 7) is 7.18. The normalized spacial score (nSPS) is 18.5. The second-order valence-corrected chi connectivity index (χ2v) is 4.23. The zero-order valence-electron chi connectivity index (χ0n) is 9.44. The Bertz CT molecular complexity index is 397. The van der Waals surface area contributed by atoms with Gasteiger partial charge in [-0.2, -0.15) is 0 Å². The molecule has 1 aliphatic rings. The monoisotopic (exact) mass is 206 g/mol. The quantitative estimate of drug-likeness (QED) is 0.732. The fourth-order valence-corrected chi connectivity index (χ4v) is 2.10. The third kappa shape index (κ3) is 1.97. The maximum atomic E-state index is 11.6. The van der Waals surface area contributed by atoms with E-state index in [1.807, 2.05) is 10.6 Å². The summed E-state index contributed by atoms with van der Waals surface area (Å²) in [7, 11) is 0. The molecule has 1 unspecified atom stereocenters. The smallest absolute Gasteiger partial charge is 0.250 e. The highest BCUT2D eigenvalue weighted by Gasteiger charge is 2.19. The molecule has 1 aliphatic heterocycles. The molecule has 0 aromatic carbocycles. The van der Waals surface area contributed by atoms with Crippen LogP contribution in [0.3, 0.4) is 0 Å². The lowest BCUT2D eigenvalue weighted by Crippen LogP contribution is -2.42. The summed E-state index contributed by atoms with van der Waals surface area (Å²) in [5.41, 5.74) is 1.28. The minimum absolute atomic E-state index is 0.135. The second-order valence-electron chi connectivity index (χ2n) is 4.23. The van der Waals surface area contributed by atoms with E-state index in [-0.39, 0.29) is 5.56 Å². The third-order valence-electron chi connectivity index (χ3n) is 3.33. The van der Waals surface area contributed by atoms with Crippen molar-refractivity contribution in [3.63, 3.8) is 0 Å². The van der Waals surface area contributed by atoms with Crippen LogP contribution >= 0.6 is 0 Å². The largest absolute Gasteiger partial charge is 0.310 e. The topological polar surface area (TPSA) is 25.2 Å². The van der Waals surface area contributed by atoms with Crippen molar-refractivity contribution < 1.29 is 0 Å². The van der Waals surface area contributed by atoms with E-state index in [4.69, 9.17) is 0 Å². The number of rotatable bonds is 2. The average Bonchev–Trinajstić information content (AvgIpc) is 2.28. The molecule has 1 aromatic heterocycles. The molecule has 0 saturated carbocycles. The van der Waals surface area contributed by atoms with Gasteiger partial charge in [-0.25, -0.2) is 0 Å². The molecule has 2 rings (SSSR count). The molecule has 0 amide bonds. The highest BCUT2D eigenvalue weighted by atomic mass is 16.1. The third-order valence-corrected chi connectivity index (χ3v) is 3.33. The molecule has 1 atom stereocenters. The summed E-state index contributed by atoms with van der Waals surface area (Å²) < 4.78 is 1.89. The minimum Gasteiger partial charge on any atom is -0.310 e. The van der Waals surface area contributed by atoms with Crippen LogP contribution in [0.4, 0.5) is 0 Å². The van der Waals surface area contributed by atoms with Crippen LogP contribution < -0.4 is 5.56 Å². The molecule has 1 aromatic rings. The molecule has 0 saturated heterocycles. The summed E-state index contributed by atoms with van der Waals surface area (Å²) in [6.07, 6.45) is 1.16. The molecule has 0 radical (unpaired) electrons. The molecule has 0 spiro atoms. The van der Waals surface area contributed by atoms with Crippen LogP contribution in [0.1, 0.15) is 26.0 Å². The van der Waals surface area contributed by atoms with E-state index in [2.05, 4.69) is 24.8 Å². The Hall–Kier alpha value is -1.09. The van der Waals surface area contributed by atoms with Crippen molar-refractivity contribution in [2.75, 3.05) is 6.54 Å². The van der Waals surface area contributed by atoms with Crippen molar-refractivity contribution in [1.82, 2.24) is 9.47 Å². The van der Waals surface area contributed by atoms with E-state index in [1.54, 1.807) is 6.07 Å². The van der Waals surface area contributed by atoms with Crippen LogP contribution in [0.15, 0.2) is 23.0 Å². The van der Waals surface area contributed by atoms with Crippen molar-refractivity contribution in [1.29, 1.82) is 0 Å². The van der Waals surface area contributed by atoms with Gasteiger partial charge in [0.2, 0.25) is 0 Å². The number of hydrogen-bond donors (Lipinski definition) is 0. The van der Waals surface area contributed by atoms with Gasteiger partial charge in [-0.1, -0.05) is 13.0 Å². The first-order chi connectivity index (χ1) is 7.22. The number of fused-ring (bicyclic) bond motifs is 1. The SMILES string of the molecule is CCC(C)N1CCn2c(cccc2=O)C1. The Balaban J connectivity index is 2.24. The number of pyridine rings is 1. The number of aromatic nitrogens is 1. The van der Waals surface area contributed by atoms with Gasteiger partial charge in [-0.15, -0.1) is 0 Å². The van der Waals surface area contributed by atoms with Crippen LogP contribution in [-0.2, 0) is 13.1 Å². The van der Waals surface area contributed by atoms with Crippen molar-refractivity contribution >= 4 is 0 Å². The van der Waals surface area contributed by atoms with Crippen LogP contribution in [-0.4, -0.2) is 22.1 Å². The Morgan fingerprint density at radius 1 is 1.40 bits per heavy atom. The summed E-state index contributed by atoms with van der Waals surface area (Å²) in [6, 6.07) is 6.15. The van der Waals surface area contributed by atoms with E-state index >= 15 is 0 Å². The molecule has 0 N–H and O–H groups in total. The van der Waals surface area contributed by atoms with Gasteiger partial charge in [0.15, 0.2) is 0 Å². The molecule has 15 heavy (non-hydrogen) atoms. The van der Waals surface area contributed by atoms with E-state index < -0.39 is 0 Å². The molecule has 0 fully saturated rings. The van der Waals surface area contributed by atoms with E-state index in [1.165, 1.54) is 0 Å². The van der Waals surface area contributed by atoms with Gasteiger partial charge in [0.1, 0.15) is 0 Å². The molecule has 0 aliphatic carbocycles. The summed E-state index contributed by atoms with van der Waals surface area (Å²) in [5, 5.41) is 0. The Kier molecular flexibility index (Phi) is 2.91. The maximum Gasteiger partial charge on any atom is 0.250 e. The van der Waals surface area contributed by atoms with Crippen LogP contribution in [0.5, 0.6) is 0 Å². The fourth-order valence-electron chi connectivity index (χ4n) is 2.10. The lowest BCUT2D eigenvalue weighted by Gasteiger charge is -2.33. The summed E-state index contributed by atoms with van der Waals surface area (Å²) in [4.78, 5) is 14.0. The Morgan fingerprint density at radius 3 is 2.93 bits per heavy atom. The van der Waals surface area contributed by atoms with Crippen molar-refractivity contribution in [2.45, 2.75) is 39.4 Å². The van der Waals surface area contributed by atoms with Gasteiger partial charge in [-0.3, -0.25) is 9.69 Å². The first-order valence-electron chi connectivity index (χ1n) is 5.65. The molecule has 82 valence electrons. The van der Waals surface area contributed by atoms with Gasteiger partial charge < -0.3 is 4.57 Å². The van der Waals surface area contributed by atoms with Gasteiger partial charge >= 0.3 is 0 Å². The van der Waals surface area contributed by atoms with Crippen LogP contribution in [0, 0.1) is 0 Å². The van der Waals surface area contributed by atoms with Gasteiger partial charge in [0.25, 0.3) is 5.56 Å². The van der Waals surface area contributed by atoms with Crippen molar-refractivity contribution in [2.24, 2.45) is 0 Å². The molecular formula is C12H18N2O. The van der Waals surface area contributed by atoms with Gasteiger partial charge in [-0.05, 0) is 19.4 Å². The lowest BCUT2D eigenvalue weighted by molar-refractivity contribution is 0.159. The fraction of sp³-hybridized carbons (Fsp3) is 0.583. The minimum atomic E-state index is 0.135. The van der Waals surface area contributed by atoms with Gasteiger partial charge in [0, 0.05) is 37.4 Å². The molecular weight excluding hydrogens is 188 g/mol. The van der Waals surface area contributed by atoms with Crippen molar-refractivity contribution in [3.8, 4) is 0 Å². The van der Waals surface area contributed by atoms with Crippen LogP contribution in [0.2, 0.25) is 0 Å². The lowest BCUT2D eigenvalue weighted by atomic mass is 10.1. The summed E-state index contributed by atoms with van der Waals surface area (Å²) >= 11 is 0. The highest BCUT2D eigenvalue weighted by Crippen LogP contribution is 2.13. The van der Waals surface area contributed by atoms with Crippen molar-refractivity contribution in [3.05, 3.63) is 34.2 Å². The first kappa shape index (κ1) is 10.4. The van der Waals surface area contributed by atoms with Crippen LogP contribution in [0.25, 0.3) is 0 Å². The summed E-state index contributed by atoms with van der Waals surface area (Å²) in [5.74, 6) is 0. The van der Waals surface area contributed by atoms with E-state index in [9.17, 15) is 4.79 Å². The molecule has 2 heterocycles. The predicted octanol–water partition coefficient (Wildman–Crippen LogP) is 1.46. The zero-order chi connectivity index (χ0) is 10.8. The van der Waals surface area contributed by atoms with E-state index in [0.29, 0.717) is 6.04 Å². The molecule has 3 nitrogen and oxygen atoms in total. The second kappa shape index (κ2) is 4.19. The number of hydrogen-bond acceptors (Lipinski definition) is 2.